The van der Waals surface area contributed by atoms with Crippen molar-refractivity contribution >= 4 is 39.9 Å². The van der Waals surface area contributed by atoms with Gasteiger partial charge in [0.1, 0.15) is 0 Å². The quantitative estimate of drug-likeness (QED) is 0.517. The molecule has 6 heteroatoms. The summed E-state index contributed by atoms with van der Waals surface area (Å²) >= 11 is 1.93. The molecule has 5 nitrogen and oxygen atoms in total. The molecule has 0 fully saturated rings. The van der Waals surface area contributed by atoms with Gasteiger partial charge in [0.05, 0.1) is 10.6 Å². The zero-order valence-electron chi connectivity index (χ0n) is 7.28. The van der Waals surface area contributed by atoms with Crippen molar-refractivity contribution in [3.8, 4) is 0 Å². The Balaban J connectivity index is 3.01. The van der Waals surface area contributed by atoms with E-state index in [4.69, 9.17) is 0 Å². The highest BCUT2D eigenvalue weighted by molar-refractivity contribution is 14.1. The molecule has 0 radical (unpaired) electrons. The van der Waals surface area contributed by atoms with Crippen LogP contribution < -0.4 is 5.32 Å². The largest absolute Gasteiger partial charge is 0.325 e. The van der Waals surface area contributed by atoms with Crippen LogP contribution in [0.5, 0.6) is 0 Å². The molecule has 0 aliphatic carbocycles. The zero-order valence-corrected chi connectivity index (χ0v) is 9.44. The number of non-ortho nitro benzene ring substituents is 1. The predicted molar refractivity (Wildman–Crippen MR) is 60.1 cm³/mol. The van der Waals surface area contributed by atoms with Gasteiger partial charge in [0.25, 0.3) is 5.69 Å². The number of nitrogens with one attached hydrogen (secondary N) is 1. The number of hydrogen-bond donors (Lipinski definition) is 1. The van der Waals surface area contributed by atoms with Crippen LogP contribution in [0.3, 0.4) is 0 Å². The van der Waals surface area contributed by atoms with Crippen LogP contribution in [0.15, 0.2) is 18.2 Å². The van der Waals surface area contributed by atoms with E-state index in [1.807, 2.05) is 22.6 Å². The highest BCUT2D eigenvalue weighted by Gasteiger charge is 2.09. The molecule has 0 spiro atoms. The molecule has 1 aromatic rings. The van der Waals surface area contributed by atoms with Gasteiger partial charge in [-0.25, -0.2) is 0 Å². The summed E-state index contributed by atoms with van der Waals surface area (Å²) in [7, 11) is 0. The Morgan fingerprint density at radius 2 is 2.21 bits per heavy atom. The molecule has 1 rings (SSSR count). The first-order valence-electron chi connectivity index (χ1n) is 3.72. The van der Waals surface area contributed by atoms with Crippen LogP contribution in [0, 0.1) is 13.7 Å². The lowest BCUT2D eigenvalue weighted by molar-refractivity contribution is -0.384. The first-order valence-corrected chi connectivity index (χ1v) is 4.80. The van der Waals surface area contributed by atoms with Gasteiger partial charge >= 0.3 is 0 Å². The molecular weight excluding hydrogens is 299 g/mol. The van der Waals surface area contributed by atoms with E-state index >= 15 is 0 Å². The maximum Gasteiger partial charge on any atom is 0.270 e. The van der Waals surface area contributed by atoms with Gasteiger partial charge in [-0.3, -0.25) is 14.9 Å². The Morgan fingerprint density at radius 3 is 2.64 bits per heavy atom. The SMILES string of the molecule is CC(=O)Nc1ccc([N+](=O)[O-])cc1I. The smallest absolute Gasteiger partial charge is 0.270 e. The van der Waals surface area contributed by atoms with Crippen molar-refractivity contribution < 1.29 is 9.72 Å². The molecule has 1 amide bonds. The van der Waals surface area contributed by atoms with Crippen LogP contribution in [0.2, 0.25) is 0 Å². The van der Waals surface area contributed by atoms with Crippen LogP contribution in [0.4, 0.5) is 11.4 Å². The van der Waals surface area contributed by atoms with E-state index in [2.05, 4.69) is 5.32 Å². The predicted octanol–water partition coefficient (Wildman–Crippen LogP) is 2.16. The highest BCUT2D eigenvalue weighted by Crippen LogP contribution is 2.23. The fourth-order valence-electron chi connectivity index (χ4n) is 0.909. The second-order valence-electron chi connectivity index (χ2n) is 2.60. The molecule has 0 aliphatic heterocycles. The second-order valence-corrected chi connectivity index (χ2v) is 3.76. The number of carbonyl (C=O) groups is 1. The molecular formula is C8H7IN2O3. The van der Waals surface area contributed by atoms with Crippen molar-refractivity contribution in [2.75, 3.05) is 5.32 Å². The maximum absolute atomic E-state index is 10.7. The van der Waals surface area contributed by atoms with Crippen molar-refractivity contribution in [2.45, 2.75) is 6.92 Å². The Labute approximate surface area is 93.8 Å². The minimum Gasteiger partial charge on any atom is -0.325 e. The number of rotatable bonds is 2. The van der Waals surface area contributed by atoms with Crippen LogP contribution in [-0.4, -0.2) is 10.8 Å². The standard InChI is InChI=1S/C8H7IN2O3/c1-5(12)10-8-3-2-6(11(13)14)4-7(8)9/h2-4H,1H3,(H,10,12). The van der Waals surface area contributed by atoms with Gasteiger partial charge in [-0.2, -0.15) is 0 Å². The van der Waals surface area contributed by atoms with E-state index in [0.29, 0.717) is 9.26 Å². The zero-order chi connectivity index (χ0) is 10.7. The van der Waals surface area contributed by atoms with Crippen molar-refractivity contribution in [1.29, 1.82) is 0 Å². The molecule has 0 heterocycles. The number of amides is 1. The summed E-state index contributed by atoms with van der Waals surface area (Å²) in [4.78, 5) is 20.7. The van der Waals surface area contributed by atoms with Crippen LogP contribution in [-0.2, 0) is 4.79 Å². The average molecular weight is 306 g/mol. The van der Waals surface area contributed by atoms with Crippen molar-refractivity contribution in [3.05, 3.63) is 31.9 Å². The third-order valence-corrected chi connectivity index (χ3v) is 2.37. The van der Waals surface area contributed by atoms with E-state index in [0.717, 1.165) is 0 Å². The number of nitro benzene ring substituents is 1. The molecule has 0 bridgehead atoms. The Morgan fingerprint density at radius 1 is 1.57 bits per heavy atom. The van der Waals surface area contributed by atoms with Crippen LogP contribution in [0.25, 0.3) is 0 Å². The number of benzene rings is 1. The lowest BCUT2D eigenvalue weighted by Crippen LogP contribution is -2.07. The van der Waals surface area contributed by atoms with Gasteiger partial charge in [0, 0.05) is 22.6 Å². The second kappa shape index (κ2) is 4.36. The van der Waals surface area contributed by atoms with Gasteiger partial charge in [0.2, 0.25) is 5.91 Å². The third kappa shape index (κ3) is 2.66. The summed E-state index contributed by atoms with van der Waals surface area (Å²) in [6.07, 6.45) is 0. The van der Waals surface area contributed by atoms with Crippen molar-refractivity contribution in [2.24, 2.45) is 0 Å². The van der Waals surface area contributed by atoms with Crippen molar-refractivity contribution in [3.63, 3.8) is 0 Å². The van der Waals surface area contributed by atoms with E-state index in [1.54, 1.807) is 0 Å². The minimum atomic E-state index is -0.473. The van der Waals surface area contributed by atoms with Gasteiger partial charge in [-0.15, -0.1) is 0 Å². The van der Waals surface area contributed by atoms with Crippen molar-refractivity contribution in [1.82, 2.24) is 0 Å². The number of carbonyl (C=O) groups excluding carboxylic acids is 1. The molecule has 1 aromatic carbocycles. The van der Waals surface area contributed by atoms with E-state index in [-0.39, 0.29) is 11.6 Å². The summed E-state index contributed by atoms with van der Waals surface area (Å²) < 4.78 is 0.645. The first-order chi connectivity index (χ1) is 6.50. The molecule has 0 saturated heterocycles. The van der Waals surface area contributed by atoms with Crippen LogP contribution >= 0.6 is 22.6 Å². The van der Waals surface area contributed by atoms with E-state index in [9.17, 15) is 14.9 Å². The molecule has 0 aliphatic rings. The molecule has 74 valence electrons. The van der Waals surface area contributed by atoms with Gasteiger partial charge in [0.15, 0.2) is 0 Å². The molecule has 0 atom stereocenters. The Bertz CT molecular complexity index is 392. The number of anilines is 1. The first kappa shape index (κ1) is 10.9. The van der Waals surface area contributed by atoms with Gasteiger partial charge in [-0.05, 0) is 28.7 Å². The lowest BCUT2D eigenvalue weighted by atomic mass is 10.3. The number of halogens is 1. The number of nitrogens with zero attached hydrogens (tertiary/aromatic N) is 1. The summed E-state index contributed by atoms with van der Waals surface area (Å²) in [5.41, 5.74) is 0.604. The van der Waals surface area contributed by atoms with E-state index in [1.165, 1.54) is 25.1 Å². The third-order valence-electron chi connectivity index (χ3n) is 1.47. The molecule has 1 N–H and O–H groups in total. The lowest BCUT2D eigenvalue weighted by Gasteiger charge is -2.03. The highest BCUT2D eigenvalue weighted by atomic mass is 127. The molecule has 0 saturated carbocycles. The fraction of sp³-hybridized carbons (Fsp3) is 0.125. The monoisotopic (exact) mass is 306 g/mol. The van der Waals surface area contributed by atoms with Gasteiger partial charge in [-0.1, -0.05) is 0 Å². The fourth-order valence-corrected chi connectivity index (χ4v) is 1.54. The van der Waals surface area contributed by atoms with Gasteiger partial charge < -0.3 is 5.32 Å². The number of nitro groups is 1. The molecule has 0 aromatic heterocycles. The number of hydrogen-bond acceptors (Lipinski definition) is 3. The molecule has 0 unspecified atom stereocenters. The summed E-state index contributed by atoms with van der Waals surface area (Å²) in [6.45, 7) is 1.39. The Kier molecular flexibility index (Phi) is 3.39. The average Bonchev–Trinajstić information content (AvgIpc) is 2.07. The summed E-state index contributed by atoms with van der Waals surface area (Å²) in [5.74, 6) is -0.197. The van der Waals surface area contributed by atoms with E-state index < -0.39 is 4.92 Å². The normalized spacial score (nSPS) is 9.57. The maximum atomic E-state index is 10.7. The summed E-state index contributed by atoms with van der Waals surface area (Å²) in [5, 5.41) is 13.0. The minimum absolute atomic E-state index is 0.0171. The Hall–Kier alpha value is -1.18. The molecule has 14 heavy (non-hydrogen) atoms. The van der Waals surface area contributed by atoms with Crippen LogP contribution in [0.1, 0.15) is 6.92 Å². The summed E-state index contributed by atoms with van der Waals surface area (Å²) in [6, 6.07) is 4.28. The topological polar surface area (TPSA) is 72.2 Å².